The van der Waals surface area contributed by atoms with E-state index >= 15 is 0 Å². The van der Waals surface area contributed by atoms with Crippen LogP contribution in [-0.4, -0.2) is 22.4 Å². The van der Waals surface area contributed by atoms with E-state index in [1.165, 1.54) is 16.7 Å². The van der Waals surface area contributed by atoms with Gasteiger partial charge in [-0.05, 0) is 41.7 Å². The quantitative estimate of drug-likeness (QED) is 0.633. The molecule has 3 aromatic rings. The molecule has 5 heteroatoms. The number of aromatic nitrogens is 2. The average molecular weight is 368 g/mol. The van der Waals surface area contributed by atoms with E-state index in [1.807, 2.05) is 30.5 Å². The Hall–Kier alpha value is -2.59. The van der Waals surface area contributed by atoms with Crippen molar-refractivity contribution in [2.75, 3.05) is 6.54 Å². The molecule has 0 fully saturated rings. The summed E-state index contributed by atoms with van der Waals surface area (Å²) < 4.78 is 0. The maximum absolute atomic E-state index is 12.0. The van der Waals surface area contributed by atoms with Crippen molar-refractivity contribution in [2.24, 2.45) is 0 Å². The van der Waals surface area contributed by atoms with Crippen molar-refractivity contribution < 1.29 is 4.79 Å². The zero-order valence-corrected chi connectivity index (χ0v) is 15.3. The van der Waals surface area contributed by atoms with Crippen molar-refractivity contribution >= 4 is 17.5 Å². The van der Waals surface area contributed by atoms with Crippen LogP contribution in [0.4, 0.5) is 0 Å². The summed E-state index contributed by atoms with van der Waals surface area (Å²) in [4.78, 5) is 19.1. The number of nitrogens with one attached hydrogen (secondary N) is 2. The highest BCUT2D eigenvalue weighted by atomic mass is 35.5. The first-order chi connectivity index (χ1) is 12.7. The molecule has 26 heavy (non-hydrogen) atoms. The highest BCUT2D eigenvalue weighted by Gasteiger charge is 2.03. The van der Waals surface area contributed by atoms with Crippen molar-refractivity contribution in [3.05, 3.63) is 88.5 Å². The number of halogens is 1. The molecule has 0 bridgehead atoms. The lowest BCUT2D eigenvalue weighted by Crippen LogP contribution is -2.25. The molecule has 1 heterocycles. The van der Waals surface area contributed by atoms with Crippen LogP contribution in [0.2, 0.25) is 5.02 Å². The molecular weight excluding hydrogens is 346 g/mol. The highest BCUT2D eigenvalue weighted by molar-refractivity contribution is 6.30. The van der Waals surface area contributed by atoms with Gasteiger partial charge in [-0.3, -0.25) is 4.79 Å². The third-order valence-corrected chi connectivity index (χ3v) is 4.51. The summed E-state index contributed by atoms with van der Waals surface area (Å²) in [6.45, 7) is 0.642. The smallest absolute Gasteiger partial charge is 0.220 e. The number of hydrogen-bond acceptors (Lipinski definition) is 2. The van der Waals surface area contributed by atoms with Crippen molar-refractivity contribution in [2.45, 2.75) is 25.7 Å². The van der Waals surface area contributed by atoms with Crippen molar-refractivity contribution in [1.29, 1.82) is 0 Å². The first-order valence-electron chi connectivity index (χ1n) is 8.75. The predicted octanol–water partition coefficient (Wildman–Crippen LogP) is 3.95. The lowest BCUT2D eigenvalue weighted by molar-refractivity contribution is -0.121. The summed E-state index contributed by atoms with van der Waals surface area (Å²) in [6, 6.07) is 16.1. The van der Waals surface area contributed by atoms with Gasteiger partial charge in [0.25, 0.3) is 0 Å². The number of nitrogens with zero attached hydrogens (tertiary/aromatic N) is 1. The number of rotatable bonds is 8. The first kappa shape index (κ1) is 18.2. The summed E-state index contributed by atoms with van der Waals surface area (Å²) in [6.07, 6.45) is 6.42. The molecular formula is C21H22ClN3O. The zero-order chi connectivity index (χ0) is 18.2. The van der Waals surface area contributed by atoms with E-state index in [1.54, 1.807) is 6.33 Å². The number of benzene rings is 2. The molecule has 1 amide bonds. The topological polar surface area (TPSA) is 57.8 Å². The van der Waals surface area contributed by atoms with Gasteiger partial charge in [0.05, 0.1) is 6.33 Å². The minimum atomic E-state index is 0.0838. The first-order valence-corrected chi connectivity index (χ1v) is 9.13. The summed E-state index contributed by atoms with van der Waals surface area (Å²) in [5, 5.41) is 3.70. The van der Waals surface area contributed by atoms with Crippen LogP contribution in [0.1, 0.15) is 28.8 Å². The summed E-state index contributed by atoms with van der Waals surface area (Å²) in [5.41, 5.74) is 4.66. The Morgan fingerprint density at radius 2 is 1.62 bits per heavy atom. The van der Waals surface area contributed by atoms with E-state index in [0.717, 1.165) is 30.0 Å². The summed E-state index contributed by atoms with van der Waals surface area (Å²) in [5.74, 6) is 0.0838. The summed E-state index contributed by atoms with van der Waals surface area (Å²) >= 11 is 5.87. The molecule has 0 saturated heterocycles. The molecule has 0 aliphatic rings. The minimum absolute atomic E-state index is 0.0838. The molecule has 2 aromatic carbocycles. The second-order valence-electron chi connectivity index (χ2n) is 6.30. The van der Waals surface area contributed by atoms with Gasteiger partial charge in [-0.15, -0.1) is 0 Å². The zero-order valence-electron chi connectivity index (χ0n) is 14.5. The van der Waals surface area contributed by atoms with Crippen molar-refractivity contribution in [3.8, 4) is 0 Å². The van der Waals surface area contributed by atoms with E-state index in [9.17, 15) is 4.79 Å². The molecule has 0 unspecified atom stereocenters. The Morgan fingerprint density at radius 1 is 0.962 bits per heavy atom. The number of amides is 1. The fourth-order valence-corrected chi connectivity index (χ4v) is 2.89. The lowest BCUT2D eigenvalue weighted by Gasteiger charge is -2.06. The second-order valence-corrected chi connectivity index (χ2v) is 6.73. The SMILES string of the molecule is O=C(CCc1ccc(Cc2cnc[nH]2)cc1)NCCc1ccc(Cl)cc1. The molecule has 2 N–H and O–H groups in total. The van der Waals surface area contributed by atoms with Gasteiger partial charge in [0, 0.05) is 36.3 Å². The maximum Gasteiger partial charge on any atom is 0.220 e. The third-order valence-electron chi connectivity index (χ3n) is 4.26. The molecule has 0 saturated carbocycles. The number of aromatic amines is 1. The Morgan fingerprint density at radius 3 is 2.31 bits per heavy atom. The van der Waals surface area contributed by atoms with Gasteiger partial charge in [0.2, 0.25) is 5.91 Å². The third kappa shape index (κ3) is 5.74. The van der Waals surface area contributed by atoms with Crippen molar-refractivity contribution in [1.82, 2.24) is 15.3 Å². The van der Waals surface area contributed by atoms with Crippen LogP contribution in [0.5, 0.6) is 0 Å². The molecule has 0 radical (unpaired) electrons. The molecule has 0 aliphatic heterocycles. The lowest BCUT2D eigenvalue weighted by atomic mass is 10.0. The normalized spacial score (nSPS) is 10.7. The molecule has 0 aliphatic carbocycles. The molecule has 134 valence electrons. The van der Waals surface area contributed by atoms with E-state index in [-0.39, 0.29) is 5.91 Å². The Labute approximate surface area is 158 Å². The van der Waals surface area contributed by atoms with Crippen LogP contribution in [0.15, 0.2) is 61.1 Å². The fourth-order valence-electron chi connectivity index (χ4n) is 2.77. The van der Waals surface area contributed by atoms with Crippen LogP contribution < -0.4 is 5.32 Å². The molecule has 1 aromatic heterocycles. The van der Waals surface area contributed by atoms with Crippen LogP contribution in [-0.2, 0) is 24.1 Å². The molecule has 0 atom stereocenters. The van der Waals surface area contributed by atoms with E-state index in [4.69, 9.17) is 11.6 Å². The molecule has 0 spiro atoms. The Kier molecular flexibility index (Phi) is 6.45. The predicted molar refractivity (Wildman–Crippen MR) is 104 cm³/mol. The molecule has 3 rings (SSSR count). The minimum Gasteiger partial charge on any atom is -0.356 e. The van der Waals surface area contributed by atoms with Crippen LogP contribution in [0, 0.1) is 0 Å². The highest BCUT2D eigenvalue weighted by Crippen LogP contribution is 2.11. The van der Waals surface area contributed by atoms with E-state index in [0.29, 0.717) is 13.0 Å². The second kappa shape index (κ2) is 9.20. The van der Waals surface area contributed by atoms with Gasteiger partial charge in [-0.1, -0.05) is 48.0 Å². The average Bonchev–Trinajstić information content (AvgIpc) is 3.16. The molecule has 4 nitrogen and oxygen atoms in total. The number of hydrogen-bond donors (Lipinski definition) is 2. The summed E-state index contributed by atoms with van der Waals surface area (Å²) in [7, 11) is 0. The van der Waals surface area contributed by atoms with Crippen LogP contribution >= 0.6 is 11.6 Å². The van der Waals surface area contributed by atoms with Gasteiger partial charge in [-0.25, -0.2) is 4.98 Å². The fraction of sp³-hybridized carbons (Fsp3) is 0.238. The monoisotopic (exact) mass is 367 g/mol. The Balaban J connectivity index is 1.37. The van der Waals surface area contributed by atoms with Gasteiger partial charge in [0.1, 0.15) is 0 Å². The largest absolute Gasteiger partial charge is 0.356 e. The maximum atomic E-state index is 12.0. The van der Waals surface area contributed by atoms with Crippen LogP contribution in [0.3, 0.4) is 0 Å². The number of H-pyrrole nitrogens is 1. The van der Waals surface area contributed by atoms with Gasteiger partial charge in [-0.2, -0.15) is 0 Å². The van der Waals surface area contributed by atoms with Crippen molar-refractivity contribution in [3.63, 3.8) is 0 Å². The standard InChI is InChI=1S/C21H22ClN3O/c22-19-8-5-17(6-9-19)11-12-24-21(26)10-7-16-1-3-18(4-2-16)13-20-14-23-15-25-20/h1-6,8-9,14-15H,7,10-13H2,(H,23,25)(H,24,26). The number of carbonyl (C=O) groups is 1. The number of aryl methyl sites for hydroxylation is 1. The van der Waals surface area contributed by atoms with E-state index in [2.05, 4.69) is 39.6 Å². The number of imidazole rings is 1. The van der Waals surface area contributed by atoms with Crippen LogP contribution in [0.25, 0.3) is 0 Å². The Bertz CT molecular complexity index is 811. The number of carbonyl (C=O) groups excluding carboxylic acids is 1. The van der Waals surface area contributed by atoms with E-state index < -0.39 is 0 Å². The van der Waals surface area contributed by atoms with Gasteiger partial charge >= 0.3 is 0 Å². The van der Waals surface area contributed by atoms with Gasteiger partial charge < -0.3 is 10.3 Å². The van der Waals surface area contributed by atoms with Gasteiger partial charge in [0.15, 0.2) is 0 Å².